The second kappa shape index (κ2) is 7.78. The van der Waals surface area contributed by atoms with Gasteiger partial charge in [-0.25, -0.2) is 4.68 Å². The molecule has 30 heavy (non-hydrogen) atoms. The van der Waals surface area contributed by atoms with Gasteiger partial charge < -0.3 is 11.5 Å². The quantitative estimate of drug-likeness (QED) is 0.459. The van der Waals surface area contributed by atoms with Crippen molar-refractivity contribution in [3.63, 3.8) is 0 Å². The molecule has 0 aliphatic heterocycles. The van der Waals surface area contributed by atoms with Crippen LogP contribution >= 0.6 is 23.2 Å². The topological polar surface area (TPSA) is 117 Å². The van der Waals surface area contributed by atoms with Crippen LogP contribution in [0.3, 0.4) is 0 Å². The van der Waals surface area contributed by atoms with Crippen LogP contribution in [0, 0.1) is 0 Å². The summed E-state index contributed by atoms with van der Waals surface area (Å²) in [4.78, 5) is 24.3. The maximum absolute atomic E-state index is 13.1. The molecule has 1 heterocycles. The van der Waals surface area contributed by atoms with Gasteiger partial charge in [0.2, 0.25) is 0 Å². The average Bonchev–Trinajstić information content (AvgIpc) is 3.07. The number of hydrogen-bond acceptors (Lipinski definition) is 5. The van der Waals surface area contributed by atoms with Crippen LogP contribution in [0.4, 0.5) is 5.82 Å². The number of anilines is 1. The number of nitrogens with two attached hydrogens (primary N) is 2. The van der Waals surface area contributed by atoms with Crippen molar-refractivity contribution < 1.29 is 9.59 Å². The molecule has 4 rings (SSSR count). The van der Waals surface area contributed by atoms with E-state index in [1.165, 1.54) is 4.68 Å². The lowest BCUT2D eigenvalue weighted by Crippen LogP contribution is -2.15. The van der Waals surface area contributed by atoms with Crippen LogP contribution in [0.5, 0.6) is 0 Å². The first-order valence-electron chi connectivity index (χ1n) is 8.85. The highest BCUT2D eigenvalue weighted by Crippen LogP contribution is 2.30. The van der Waals surface area contributed by atoms with Crippen molar-refractivity contribution in [2.45, 2.75) is 6.54 Å². The fourth-order valence-corrected chi connectivity index (χ4v) is 3.90. The molecule has 4 N–H and O–H groups in total. The Hall–Kier alpha value is -3.42. The molecule has 9 heteroatoms. The van der Waals surface area contributed by atoms with E-state index in [-0.39, 0.29) is 39.4 Å². The van der Waals surface area contributed by atoms with E-state index >= 15 is 0 Å². The average molecular weight is 440 g/mol. The van der Waals surface area contributed by atoms with E-state index in [0.717, 1.165) is 10.8 Å². The summed E-state index contributed by atoms with van der Waals surface area (Å²) >= 11 is 12.8. The molecule has 0 unspecified atom stereocenters. The van der Waals surface area contributed by atoms with Gasteiger partial charge in [-0.15, -0.1) is 5.10 Å². The van der Waals surface area contributed by atoms with Crippen LogP contribution in [0.15, 0.2) is 54.6 Å². The SMILES string of the molecule is NC(=O)c1nnn(Cc2cc(Cl)c(C(=O)c3ccc4ccccc4c3)c(Cl)c2)c1N. The summed E-state index contributed by atoms with van der Waals surface area (Å²) in [5.41, 5.74) is 12.3. The molecule has 0 spiro atoms. The Morgan fingerprint density at radius 3 is 2.27 bits per heavy atom. The number of halogens is 2. The summed E-state index contributed by atoms with van der Waals surface area (Å²) in [7, 11) is 0. The highest BCUT2D eigenvalue weighted by Gasteiger charge is 2.20. The molecule has 0 saturated heterocycles. The van der Waals surface area contributed by atoms with Gasteiger partial charge in [-0.05, 0) is 34.5 Å². The van der Waals surface area contributed by atoms with Gasteiger partial charge in [0.25, 0.3) is 5.91 Å². The van der Waals surface area contributed by atoms with Gasteiger partial charge in [0, 0.05) is 5.56 Å². The smallest absolute Gasteiger partial charge is 0.273 e. The number of nitrogen functional groups attached to an aromatic ring is 1. The van der Waals surface area contributed by atoms with Crippen LogP contribution in [0.2, 0.25) is 10.0 Å². The number of primary amides is 1. The normalized spacial score (nSPS) is 11.0. The van der Waals surface area contributed by atoms with E-state index in [1.807, 2.05) is 30.3 Å². The molecule has 4 aromatic rings. The summed E-state index contributed by atoms with van der Waals surface area (Å²) < 4.78 is 1.30. The monoisotopic (exact) mass is 439 g/mol. The first-order valence-corrected chi connectivity index (χ1v) is 9.61. The molecule has 0 atom stereocenters. The predicted molar refractivity (Wildman–Crippen MR) is 116 cm³/mol. The van der Waals surface area contributed by atoms with E-state index in [0.29, 0.717) is 11.1 Å². The van der Waals surface area contributed by atoms with Crippen LogP contribution in [-0.4, -0.2) is 26.7 Å². The molecular formula is C21H15Cl2N5O2. The van der Waals surface area contributed by atoms with E-state index in [2.05, 4.69) is 10.3 Å². The van der Waals surface area contributed by atoms with Gasteiger partial charge in [0.05, 0.1) is 22.2 Å². The van der Waals surface area contributed by atoms with Gasteiger partial charge >= 0.3 is 0 Å². The minimum atomic E-state index is -0.772. The van der Waals surface area contributed by atoms with Crippen molar-refractivity contribution in [2.75, 3.05) is 5.73 Å². The molecule has 1 aromatic heterocycles. The van der Waals surface area contributed by atoms with Crippen LogP contribution < -0.4 is 11.5 Å². The number of amides is 1. The number of carbonyl (C=O) groups is 2. The number of fused-ring (bicyclic) bond motifs is 1. The maximum Gasteiger partial charge on any atom is 0.273 e. The predicted octanol–water partition coefficient (Wildman–Crippen LogP) is 3.70. The number of aromatic nitrogens is 3. The van der Waals surface area contributed by atoms with Crippen LogP contribution in [-0.2, 0) is 6.54 Å². The molecule has 1 amide bonds. The van der Waals surface area contributed by atoms with Crippen molar-refractivity contribution in [3.05, 3.63) is 87.0 Å². The largest absolute Gasteiger partial charge is 0.382 e. The van der Waals surface area contributed by atoms with Gasteiger partial charge in [0.1, 0.15) is 0 Å². The van der Waals surface area contributed by atoms with E-state index in [1.54, 1.807) is 24.3 Å². The van der Waals surface area contributed by atoms with Crippen LogP contribution in [0.1, 0.15) is 32.0 Å². The van der Waals surface area contributed by atoms with Gasteiger partial charge in [-0.1, -0.05) is 64.8 Å². The number of hydrogen-bond donors (Lipinski definition) is 2. The Kier molecular flexibility index (Phi) is 5.15. The number of rotatable bonds is 5. The first kappa shape index (κ1) is 19.9. The van der Waals surface area contributed by atoms with Crippen molar-refractivity contribution in [1.82, 2.24) is 15.0 Å². The highest BCUT2D eigenvalue weighted by molar-refractivity contribution is 6.41. The Morgan fingerprint density at radius 1 is 0.967 bits per heavy atom. The molecule has 0 radical (unpaired) electrons. The summed E-state index contributed by atoms with van der Waals surface area (Å²) in [6, 6.07) is 16.4. The maximum atomic E-state index is 13.1. The number of benzene rings is 3. The minimum absolute atomic E-state index is 0.0334. The lowest BCUT2D eigenvalue weighted by Gasteiger charge is -2.11. The summed E-state index contributed by atoms with van der Waals surface area (Å²) in [5.74, 6) is -1.02. The molecule has 0 aliphatic rings. The van der Waals surface area contributed by atoms with Gasteiger partial charge in [-0.2, -0.15) is 0 Å². The molecule has 0 aliphatic carbocycles. The van der Waals surface area contributed by atoms with Crippen LogP contribution in [0.25, 0.3) is 10.8 Å². The van der Waals surface area contributed by atoms with E-state index in [4.69, 9.17) is 34.7 Å². The minimum Gasteiger partial charge on any atom is -0.382 e. The third-order valence-electron chi connectivity index (χ3n) is 4.68. The molecule has 7 nitrogen and oxygen atoms in total. The second-order valence-corrected chi connectivity index (χ2v) is 7.49. The zero-order chi connectivity index (χ0) is 21.4. The van der Waals surface area contributed by atoms with Crippen molar-refractivity contribution in [1.29, 1.82) is 0 Å². The summed E-state index contributed by atoms with van der Waals surface area (Å²) in [6.07, 6.45) is 0. The summed E-state index contributed by atoms with van der Waals surface area (Å²) in [6.45, 7) is 0.149. The lowest BCUT2D eigenvalue weighted by atomic mass is 9.99. The van der Waals surface area contributed by atoms with Crippen molar-refractivity contribution in [2.24, 2.45) is 5.73 Å². The molecule has 150 valence electrons. The number of nitrogens with zero attached hydrogens (tertiary/aromatic N) is 3. The third kappa shape index (κ3) is 3.60. The molecule has 0 bridgehead atoms. The molecule has 0 saturated carbocycles. The second-order valence-electron chi connectivity index (χ2n) is 6.67. The number of carbonyl (C=O) groups excluding carboxylic acids is 2. The van der Waals surface area contributed by atoms with E-state index < -0.39 is 5.91 Å². The van der Waals surface area contributed by atoms with Gasteiger partial charge in [-0.3, -0.25) is 9.59 Å². The third-order valence-corrected chi connectivity index (χ3v) is 5.28. The lowest BCUT2D eigenvalue weighted by molar-refractivity contribution is 0.0994. The fourth-order valence-electron chi connectivity index (χ4n) is 3.19. The zero-order valence-corrected chi connectivity index (χ0v) is 17.0. The van der Waals surface area contributed by atoms with Crippen molar-refractivity contribution >= 4 is 51.5 Å². The summed E-state index contributed by atoms with van der Waals surface area (Å²) in [5, 5.41) is 9.84. The van der Waals surface area contributed by atoms with Crippen molar-refractivity contribution in [3.8, 4) is 0 Å². The van der Waals surface area contributed by atoms with E-state index in [9.17, 15) is 9.59 Å². The Labute approximate surface area is 181 Å². The molecular weight excluding hydrogens is 425 g/mol. The van der Waals surface area contributed by atoms with Gasteiger partial charge in [0.15, 0.2) is 17.3 Å². The fraction of sp³-hybridized carbons (Fsp3) is 0.0476. The highest BCUT2D eigenvalue weighted by atomic mass is 35.5. The Morgan fingerprint density at radius 2 is 1.63 bits per heavy atom. The standard InChI is InChI=1S/C21H15Cl2N5O2/c22-15-7-11(10-28-20(24)18(21(25)30)26-27-28)8-16(23)17(15)19(29)14-6-5-12-3-1-2-4-13(12)9-14/h1-9H,10,24H2,(H2,25,30). The zero-order valence-electron chi connectivity index (χ0n) is 15.5. The molecule has 3 aromatic carbocycles. The Bertz CT molecular complexity index is 1290. The number of ketones is 1. The first-order chi connectivity index (χ1) is 14.3. The Balaban J connectivity index is 1.66. The molecule has 0 fully saturated rings.